The molecule has 1 atom stereocenters. The summed E-state index contributed by atoms with van der Waals surface area (Å²) < 4.78 is 0. The molecule has 2 rings (SSSR count). The number of nitrogens with two attached hydrogens (primary N) is 2. The molecule has 0 aliphatic carbocycles. The van der Waals surface area contributed by atoms with Gasteiger partial charge in [-0.15, -0.1) is 0 Å². The van der Waals surface area contributed by atoms with Crippen LogP contribution in [0, 0.1) is 0 Å². The zero-order valence-electron chi connectivity index (χ0n) is 12.0. The highest BCUT2D eigenvalue weighted by Gasteiger charge is 2.09. The highest BCUT2D eigenvalue weighted by atomic mass is 16.1. The van der Waals surface area contributed by atoms with E-state index in [2.05, 4.69) is 0 Å². The minimum Gasteiger partial charge on any atom is -0.369 e. The Hall–Kier alpha value is -2.62. The van der Waals surface area contributed by atoms with Crippen LogP contribution in [0.15, 0.2) is 60.7 Å². The molecule has 4 heteroatoms. The van der Waals surface area contributed by atoms with Crippen molar-refractivity contribution in [3.05, 3.63) is 71.8 Å². The largest absolute Gasteiger partial charge is 0.369 e. The summed E-state index contributed by atoms with van der Waals surface area (Å²) in [6.07, 6.45) is 0.334. The van der Waals surface area contributed by atoms with Crippen LogP contribution < -0.4 is 11.5 Å². The fourth-order valence-corrected chi connectivity index (χ4v) is 1.70. The van der Waals surface area contributed by atoms with Gasteiger partial charge in [-0.1, -0.05) is 60.7 Å². The summed E-state index contributed by atoms with van der Waals surface area (Å²) >= 11 is 0. The molecule has 4 nitrogen and oxygen atoms in total. The maximum Gasteiger partial charge on any atom is 0.224 e. The lowest BCUT2D eigenvalue weighted by Gasteiger charge is -2.05. The van der Waals surface area contributed by atoms with Crippen molar-refractivity contribution in [2.45, 2.75) is 19.3 Å². The molecule has 0 aliphatic heterocycles. The third-order valence-corrected chi connectivity index (χ3v) is 2.95. The third-order valence-electron chi connectivity index (χ3n) is 2.95. The van der Waals surface area contributed by atoms with E-state index in [1.807, 2.05) is 60.7 Å². The van der Waals surface area contributed by atoms with Gasteiger partial charge in [0.1, 0.15) is 0 Å². The average molecular weight is 284 g/mol. The fraction of sp³-hybridized carbons (Fsp3) is 0.176. The molecule has 0 heterocycles. The van der Waals surface area contributed by atoms with Gasteiger partial charge in [0.15, 0.2) is 0 Å². The van der Waals surface area contributed by atoms with Crippen LogP contribution in [0.3, 0.4) is 0 Å². The molecule has 0 spiro atoms. The molecule has 0 aromatic heterocycles. The Kier molecular flexibility index (Phi) is 6.68. The van der Waals surface area contributed by atoms with Crippen LogP contribution in [0.1, 0.15) is 24.0 Å². The second-order valence-electron chi connectivity index (χ2n) is 4.66. The van der Waals surface area contributed by atoms with E-state index in [1.165, 1.54) is 0 Å². The van der Waals surface area contributed by atoms with Crippen LogP contribution >= 0.6 is 0 Å². The van der Waals surface area contributed by atoms with Crippen molar-refractivity contribution in [1.29, 1.82) is 0 Å². The van der Waals surface area contributed by atoms with Gasteiger partial charge in [0, 0.05) is 0 Å². The van der Waals surface area contributed by atoms with Gasteiger partial charge in [-0.05, 0) is 18.1 Å². The Morgan fingerprint density at radius 3 is 1.81 bits per heavy atom. The zero-order chi connectivity index (χ0) is 15.7. The number of carbonyl (C=O) groups excluding carboxylic acids is 2. The summed E-state index contributed by atoms with van der Waals surface area (Å²) in [6, 6.07) is 18.9. The molecule has 0 aliphatic rings. The molecular weight excluding hydrogens is 264 g/mol. The van der Waals surface area contributed by atoms with E-state index in [4.69, 9.17) is 11.5 Å². The zero-order valence-corrected chi connectivity index (χ0v) is 12.0. The lowest BCUT2D eigenvalue weighted by atomic mass is 10.0. The molecule has 21 heavy (non-hydrogen) atoms. The third kappa shape index (κ3) is 6.38. The number of amides is 2. The Labute approximate surface area is 124 Å². The molecule has 0 bridgehead atoms. The van der Waals surface area contributed by atoms with Gasteiger partial charge in [-0.25, -0.2) is 0 Å². The minimum absolute atomic E-state index is 0.184. The Morgan fingerprint density at radius 2 is 1.38 bits per heavy atom. The second kappa shape index (κ2) is 8.53. The van der Waals surface area contributed by atoms with Crippen molar-refractivity contribution in [3.63, 3.8) is 0 Å². The quantitative estimate of drug-likeness (QED) is 0.899. The summed E-state index contributed by atoms with van der Waals surface area (Å²) in [6.45, 7) is 1.80. The molecule has 2 aromatic carbocycles. The number of rotatable bonds is 4. The van der Waals surface area contributed by atoms with Crippen molar-refractivity contribution in [1.82, 2.24) is 0 Å². The summed E-state index contributed by atoms with van der Waals surface area (Å²) in [4.78, 5) is 21.1. The van der Waals surface area contributed by atoms with Gasteiger partial charge < -0.3 is 11.5 Å². The van der Waals surface area contributed by atoms with Crippen molar-refractivity contribution in [3.8, 4) is 0 Å². The highest BCUT2D eigenvalue weighted by molar-refractivity contribution is 5.81. The van der Waals surface area contributed by atoms with Crippen molar-refractivity contribution in [2.24, 2.45) is 11.5 Å². The molecule has 1 unspecified atom stereocenters. The van der Waals surface area contributed by atoms with Crippen molar-refractivity contribution >= 4 is 11.8 Å². The molecule has 4 N–H and O–H groups in total. The summed E-state index contributed by atoms with van der Waals surface area (Å²) in [7, 11) is 0. The lowest BCUT2D eigenvalue weighted by Crippen LogP contribution is -2.18. The van der Waals surface area contributed by atoms with E-state index in [1.54, 1.807) is 6.92 Å². The maximum absolute atomic E-state index is 10.7. The predicted octanol–water partition coefficient (Wildman–Crippen LogP) is 1.99. The van der Waals surface area contributed by atoms with Crippen LogP contribution in [0.25, 0.3) is 0 Å². The SMILES string of the molecule is CC(C(N)=O)c1ccccc1.NC(=O)Cc1ccccc1. The Bertz CT molecular complexity index is 568. The van der Waals surface area contributed by atoms with E-state index in [-0.39, 0.29) is 17.7 Å². The molecule has 0 fully saturated rings. The molecule has 0 saturated carbocycles. The van der Waals surface area contributed by atoms with E-state index in [0.29, 0.717) is 6.42 Å². The molecule has 2 amide bonds. The topological polar surface area (TPSA) is 86.2 Å². The van der Waals surface area contributed by atoms with E-state index in [9.17, 15) is 9.59 Å². The number of hydrogen-bond acceptors (Lipinski definition) is 2. The molecule has 110 valence electrons. The lowest BCUT2D eigenvalue weighted by molar-refractivity contribution is -0.119. The average Bonchev–Trinajstić information content (AvgIpc) is 2.48. The summed E-state index contributed by atoms with van der Waals surface area (Å²) in [5, 5.41) is 0. The van der Waals surface area contributed by atoms with Crippen LogP contribution in [0.4, 0.5) is 0 Å². The Balaban J connectivity index is 0.000000211. The van der Waals surface area contributed by atoms with E-state index >= 15 is 0 Å². The predicted molar refractivity (Wildman–Crippen MR) is 83.4 cm³/mol. The molecule has 0 saturated heterocycles. The van der Waals surface area contributed by atoms with Gasteiger partial charge in [-0.2, -0.15) is 0 Å². The van der Waals surface area contributed by atoms with Crippen molar-refractivity contribution in [2.75, 3.05) is 0 Å². The summed E-state index contributed by atoms with van der Waals surface area (Å²) in [5.74, 6) is -0.751. The molecular formula is C17H20N2O2. The first-order valence-electron chi connectivity index (χ1n) is 6.67. The molecule has 2 aromatic rings. The van der Waals surface area contributed by atoms with Gasteiger partial charge in [0.05, 0.1) is 12.3 Å². The van der Waals surface area contributed by atoms with Crippen LogP contribution in [0.5, 0.6) is 0 Å². The van der Waals surface area contributed by atoms with Crippen LogP contribution in [0.2, 0.25) is 0 Å². The normalized spacial score (nSPS) is 10.9. The van der Waals surface area contributed by atoms with E-state index < -0.39 is 0 Å². The Morgan fingerprint density at radius 1 is 0.905 bits per heavy atom. The number of carbonyl (C=O) groups is 2. The monoisotopic (exact) mass is 284 g/mol. The van der Waals surface area contributed by atoms with Crippen LogP contribution in [-0.4, -0.2) is 11.8 Å². The molecule has 0 radical (unpaired) electrons. The minimum atomic E-state index is -0.286. The summed E-state index contributed by atoms with van der Waals surface area (Å²) in [5.41, 5.74) is 12.1. The van der Waals surface area contributed by atoms with Crippen LogP contribution in [-0.2, 0) is 16.0 Å². The fourth-order valence-electron chi connectivity index (χ4n) is 1.70. The first-order valence-corrected chi connectivity index (χ1v) is 6.67. The first-order chi connectivity index (χ1) is 10.0. The van der Waals surface area contributed by atoms with Gasteiger partial charge in [0.2, 0.25) is 11.8 Å². The maximum atomic E-state index is 10.7. The van der Waals surface area contributed by atoms with Gasteiger partial charge in [-0.3, -0.25) is 9.59 Å². The van der Waals surface area contributed by atoms with E-state index in [0.717, 1.165) is 11.1 Å². The number of primary amides is 2. The number of benzene rings is 2. The highest BCUT2D eigenvalue weighted by Crippen LogP contribution is 2.12. The smallest absolute Gasteiger partial charge is 0.224 e. The van der Waals surface area contributed by atoms with Gasteiger partial charge in [0.25, 0.3) is 0 Å². The first kappa shape index (κ1) is 16.4. The number of hydrogen-bond donors (Lipinski definition) is 2. The van der Waals surface area contributed by atoms with Gasteiger partial charge >= 0.3 is 0 Å². The standard InChI is InChI=1S/C9H11NO.C8H9NO/c1-7(9(10)11)8-5-3-2-4-6-8;9-8(10)6-7-4-2-1-3-5-7/h2-7H,1H3,(H2,10,11);1-5H,6H2,(H2,9,10). The van der Waals surface area contributed by atoms with Crippen molar-refractivity contribution < 1.29 is 9.59 Å². The second-order valence-corrected chi connectivity index (χ2v) is 4.66.